The monoisotopic (exact) mass is 309 g/mol. The van der Waals surface area contributed by atoms with Crippen molar-refractivity contribution in [1.82, 2.24) is 24.5 Å². The number of fused-ring (bicyclic) bond motifs is 1. The van der Waals surface area contributed by atoms with Crippen LogP contribution in [0.1, 0.15) is 30.1 Å². The van der Waals surface area contributed by atoms with Crippen LogP contribution in [0.15, 0.2) is 47.5 Å². The highest BCUT2D eigenvalue weighted by atomic mass is 16.1. The number of aromatic nitrogens is 4. The smallest absolute Gasteiger partial charge is 0.258 e. The average molecular weight is 309 g/mol. The summed E-state index contributed by atoms with van der Waals surface area (Å²) in [6.07, 6.45) is 5.78. The Morgan fingerprint density at radius 2 is 2.09 bits per heavy atom. The van der Waals surface area contributed by atoms with Crippen molar-refractivity contribution in [2.45, 2.75) is 25.3 Å². The highest BCUT2D eigenvalue weighted by molar-refractivity contribution is 5.37. The van der Waals surface area contributed by atoms with Crippen LogP contribution in [0.3, 0.4) is 0 Å². The third-order valence-corrected chi connectivity index (χ3v) is 4.56. The number of piperidine rings is 1. The Balaban J connectivity index is 1.46. The van der Waals surface area contributed by atoms with E-state index in [0.717, 1.165) is 38.2 Å². The summed E-state index contributed by atoms with van der Waals surface area (Å²) in [5, 5.41) is 7.11. The van der Waals surface area contributed by atoms with Gasteiger partial charge < -0.3 is 0 Å². The highest BCUT2D eigenvalue weighted by Crippen LogP contribution is 2.26. The second-order valence-corrected chi connectivity index (χ2v) is 6.08. The second-order valence-electron chi connectivity index (χ2n) is 6.08. The first kappa shape index (κ1) is 14.1. The van der Waals surface area contributed by atoms with E-state index in [0.29, 0.717) is 11.6 Å². The van der Waals surface area contributed by atoms with E-state index in [1.165, 1.54) is 5.69 Å². The van der Waals surface area contributed by atoms with Crippen molar-refractivity contribution in [3.05, 3.63) is 64.5 Å². The molecule has 6 nitrogen and oxygen atoms in total. The zero-order valence-corrected chi connectivity index (χ0v) is 12.9. The largest absolute Gasteiger partial charge is 0.297 e. The van der Waals surface area contributed by atoms with Crippen LogP contribution < -0.4 is 5.56 Å². The van der Waals surface area contributed by atoms with E-state index < -0.39 is 0 Å². The molecule has 0 spiro atoms. The summed E-state index contributed by atoms with van der Waals surface area (Å²) < 4.78 is 1.58. The lowest BCUT2D eigenvalue weighted by Crippen LogP contribution is -2.33. The fourth-order valence-electron chi connectivity index (χ4n) is 3.31. The Labute approximate surface area is 133 Å². The molecule has 0 aromatic carbocycles. The number of H-pyrrole nitrogens is 1. The number of aromatic amines is 1. The van der Waals surface area contributed by atoms with Gasteiger partial charge in [-0.2, -0.15) is 5.10 Å². The molecular formula is C17H19N5O. The van der Waals surface area contributed by atoms with Crippen molar-refractivity contribution >= 4 is 5.65 Å². The number of likely N-dealkylation sites (tertiary alicyclic amines) is 1. The van der Waals surface area contributed by atoms with Gasteiger partial charge in [0.05, 0.1) is 5.69 Å². The normalized spacial score (nSPS) is 16.9. The molecule has 0 aliphatic carbocycles. The Morgan fingerprint density at radius 1 is 1.22 bits per heavy atom. The predicted octanol–water partition coefficient (Wildman–Crippen LogP) is 1.80. The van der Waals surface area contributed by atoms with E-state index in [-0.39, 0.29) is 5.56 Å². The molecule has 3 aromatic heterocycles. The highest BCUT2D eigenvalue weighted by Gasteiger charge is 2.21. The van der Waals surface area contributed by atoms with Crippen molar-refractivity contribution < 1.29 is 0 Å². The zero-order valence-electron chi connectivity index (χ0n) is 12.9. The minimum atomic E-state index is -0.0158. The summed E-state index contributed by atoms with van der Waals surface area (Å²) in [6, 6.07) is 9.33. The molecule has 0 bridgehead atoms. The van der Waals surface area contributed by atoms with Gasteiger partial charge in [0.15, 0.2) is 0 Å². The maximum Gasteiger partial charge on any atom is 0.258 e. The van der Waals surface area contributed by atoms with Gasteiger partial charge in [-0.05, 0) is 44.1 Å². The molecule has 1 saturated heterocycles. The van der Waals surface area contributed by atoms with Gasteiger partial charge in [-0.25, -0.2) is 4.98 Å². The van der Waals surface area contributed by atoms with Gasteiger partial charge in [-0.3, -0.25) is 19.2 Å². The van der Waals surface area contributed by atoms with Crippen LogP contribution in [0.2, 0.25) is 0 Å². The summed E-state index contributed by atoms with van der Waals surface area (Å²) in [5.74, 6) is 0.559. The minimum absolute atomic E-state index is 0.0158. The summed E-state index contributed by atoms with van der Waals surface area (Å²) >= 11 is 0. The fourth-order valence-corrected chi connectivity index (χ4v) is 3.31. The third-order valence-electron chi connectivity index (χ3n) is 4.56. The van der Waals surface area contributed by atoms with Crippen molar-refractivity contribution in [2.24, 2.45) is 0 Å². The van der Waals surface area contributed by atoms with Crippen LogP contribution >= 0.6 is 0 Å². The number of pyridine rings is 1. The van der Waals surface area contributed by atoms with Crippen LogP contribution in [0.5, 0.6) is 0 Å². The Hall–Kier alpha value is -2.47. The quantitative estimate of drug-likeness (QED) is 0.801. The van der Waals surface area contributed by atoms with Gasteiger partial charge in [-0.1, -0.05) is 6.07 Å². The summed E-state index contributed by atoms with van der Waals surface area (Å²) in [7, 11) is 0. The Kier molecular flexibility index (Phi) is 3.67. The SMILES string of the molecule is O=c1cc(CN2CCC(c3ccn[nH]3)CC2)nc2ccccn12. The number of hydrogen-bond donors (Lipinski definition) is 1. The zero-order chi connectivity index (χ0) is 15.6. The Bertz CT molecular complexity index is 847. The first-order chi connectivity index (χ1) is 11.3. The van der Waals surface area contributed by atoms with Crippen LogP contribution in [-0.4, -0.2) is 37.6 Å². The standard InChI is InChI=1S/C17H19N5O/c23-17-11-14(19-16-3-1-2-8-22(16)17)12-21-9-5-13(6-10-21)15-4-7-18-20-15/h1-4,7-8,11,13H,5-6,9-10,12H2,(H,18,20). The molecule has 4 heterocycles. The van der Waals surface area contributed by atoms with Crippen molar-refractivity contribution in [1.29, 1.82) is 0 Å². The molecule has 0 radical (unpaired) electrons. The van der Waals surface area contributed by atoms with Gasteiger partial charge in [-0.15, -0.1) is 0 Å². The summed E-state index contributed by atoms with van der Waals surface area (Å²) in [6.45, 7) is 2.76. The number of rotatable bonds is 3. The molecule has 0 amide bonds. The van der Waals surface area contributed by atoms with E-state index in [1.807, 2.05) is 24.4 Å². The van der Waals surface area contributed by atoms with E-state index in [9.17, 15) is 4.79 Å². The topological polar surface area (TPSA) is 66.3 Å². The number of hydrogen-bond acceptors (Lipinski definition) is 4. The van der Waals surface area contributed by atoms with Crippen LogP contribution in [0.25, 0.3) is 5.65 Å². The average Bonchev–Trinajstić information content (AvgIpc) is 3.10. The number of nitrogens with zero attached hydrogens (tertiary/aromatic N) is 4. The van der Waals surface area contributed by atoms with Crippen LogP contribution in [0.4, 0.5) is 0 Å². The van der Waals surface area contributed by atoms with E-state index in [1.54, 1.807) is 16.7 Å². The van der Waals surface area contributed by atoms with Gasteiger partial charge >= 0.3 is 0 Å². The minimum Gasteiger partial charge on any atom is -0.297 e. The molecule has 4 rings (SSSR count). The first-order valence-electron chi connectivity index (χ1n) is 7.98. The van der Waals surface area contributed by atoms with Crippen LogP contribution in [-0.2, 0) is 6.54 Å². The van der Waals surface area contributed by atoms with E-state index >= 15 is 0 Å². The third kappa shape index (κ3) is 2.90. The lowest BCUT2D eigenvalue weighted by atomic mass is 9.93. The molecule has 23 heavy (non-hydrogen) atoms. The van der Waals surface area contributed by atoms with Gasteiger partial charge in [0.25, 0.3) is 5.56 Å². The fraction of sp³-hybridized carbons (Fsp3) is 0.353. The molecule has 1 fully saturated rings. The molecule has 1 aliphatic heterocycles. The van der Waals surface area contributed by atoms with Crippen molar-refractivity contribution in [3.63, 3.8) is 0 Å². The summed E-state index contributed by atoms with van der Waals surface area (Å²) in [4.78, 5) is 19.1. The van der Waals surface area contributed by atoms with E-state index in [2.05, 4.69) is 26.1 Å². The number of nitrogens with one attached hydrogen (secondary N) is 1. The molecule has 1 N–H and O–H groups in total. The maximum absolute atomic E-state index is 12.1. The van der Waals surface area contributed by atoms with Gasteiger partial charge in [0, 0.05) is 36.6 Å². The summed E-state index contributed by atoms with van der Waals surface area (Å²) in [5.41, 5.74) is 2.77. The van der Waals surface area contributed by atoms with Crippen LogP contribution in [0, 0.1) is 0 Å². The maximum atomic E-state index is 12.1. The van der Waals surface area contributed by atoms with Crippen molar-refractivity contribution in [3.8, 4) is 0 Å². The molecule has 0 atom stereocenters. The first-order valence-corrected chi connectivity index (χ1v) is 7.98. The molecule has 118 valence electrons. The van der Waals surface area contributed by atoms with Gasteiger partial charge in [0.2, 0.25) is 0 Å². The molecule has 3 aromatic rings. The lowest BCUT2D eigenvalue weighted by Gasteiger charge is -2.31. The molecule has 1 aliphatic rings. The second kappa shape index (κ2) is 5.96. The Morgan fingerprint density at radius 3 is 2.87 bits per heavy atom. The molecule has 0 saturated carbocycles. The molecule has 6 heteroatoms. The molecular weight excluding hydrogens is 290 g/mol. The van der Waals surface area contributed by atoms with Crippen molar-refractivity contribution in [2.75, 3.05) is 13.1 Å². The predicted molar refractivity (Wildman–Crippen MR) is 87.3 cm³/mol. The van der Waals surface area contributed by atoms with Gasteiger partial charge in [0.1, 0.15) is 5.65 Å². The lowest BCUT2D eigenvalue weighted by molar-refractivity contribution is 0.201. The van der Waals surface area contributed by atoms with E-state index in [4.69, 9.17) is 0 Å². The molecule has 0 unspecified atom stereocenters.